The molecule has 42 heavy (non-hydrogen) atoms. The molecule has 1 rings (SSSR count). The van der Waals surface area contributed by atoms with E-state index in [1.165, 1.54) is 19.2 Å². The van der Waals surface area contributed by atoms with Crippen LogP contribution in [0.3, 0.4) is 0 Å². The predicted molar refractivity (Wildman–Crippen MR) is 153 cm³/mol. The smallest absolute Gasteiger partial charge is 0.468 e. The molecular weight excluding hydrogens is 550 g/mol. The van der Waals surface area contributed by atoms with E-state index < -0.39 is 30.0 Å². The third-order valence-electron chi connectivity index (χ3n) is 6.82. The molecule has 0 saturated heterocycles. The summed E-state index contributed by atoms with van der Waals surface area (Å²) < 4.78 is 36.0. The van der Waals surface area contributed by atoms with Crippen LogP contribution >= 0.6 is 0 Å². The SMILES string of the molecule is CCC(C)COC(=O)Oc1ccc(CC(N)(CCOC(=O)OC[C@@H](C)CC)C(=O)OC)cc1OC(=O)OCC(C)CC. The molecule has 1 aromatic rings. The zero-order chi connectivity index (χ0) is 31.7. The largest absolute Gasteiger partial charge is 0.513 e. The van der Waals surface area contributed by atoms with E-state index in [1.807, 2.05) is 41.5 Å². The summed E-state index contributed by atoms with van der Waals surface area (Å²) in [6.07, 6.45) is -0.577. The zero-order valence-electron chi connectivity index (χ0n) is 25.9. The molecule has 3 unspecified atom stereocenters. The van der Waals surface area contributed by atoms with Crippen LogP contribution in [0.1, 0.15) is 72.8 Å². The molecule has 0 saturated carbocycles. The third kappa shape index (κ3) is 13.4. The topological polar surface area (TPSA) is 159 Å². The van der Waals surface area contributed by atoms with Gasteiger partial charge in [-0.25, -0.2) is 14.4 Å². The maximum atomic E-state index is 12.7. The van der Waals surface area contributed by atoms with Gasteiger partial charge in [0.25, 0.3) is 0 Å². The minimum absolute atomic E-state index is 0.0918. The fraction of sp³-hybridized carbons (Fsp3) is 0.667. The standard InChI is InChI=1S/C30H47NO11/c1-8-20(4)17-38-27(33)37-14-13-30(31,26(32)36-7)16-23-11-12-24(41-28(34)39-18-21(5)9-2)25(15-23)42-29(35)40-19-22(6)10-3/h11-12,15,20-22H,8-10,13-14,16-19,31H2,1-7H3/t20-,21?,22?,30?/m0/s1. The molecule has 0 aliphatic rings. The van der Waals surface area contributed by atoms with E-state index in [0.717, 1.165) is 19.3 Å². The Labute approximate surface area is 248 Å². The van der Waals surface area contributed by atoms with Gasteiger partial charge in [0, 0.05) is 12.8 Å². The van der Waals surface area contributed by atoms with Crippen LogP contribution in [0.15, 0.2) is 18.2 Å². The van der Waals surface area contributed by atoms with E-state index in [2.05, 4.69) is 0 Å². The highest BCUT2D eigenvalue weighted by Gasteiger charge is 2.36. The molecule has 238 valence electrons. The first-order chi connectivity index (χ1) is 19.9. The number of rotatable bonds is 17. The van der Waals surface area contributed by atoms with E-state index >= 15 is 0 Å². The number of benzene rings is 1. The number of hydrogen-bond acceptors (Lipinski definition) is 12. The predicted octanol–water partition coefficient (Wildman–Crippen LogP) is 5.81. The lowest BCUT2D eigenvalue weighted by atomic mass is 9.88. The van der Waals surface area contributed by atoms with Crippen LogP contribution in [0.5, 0.6) is 11.5 Å². The highest BCUT2D eigenvalue weighted by molar-refractivity contribution is 5.81. The monoisotopic (exact) mass is 597 g/mol. The Bertz CT molecular complexity index is 1010. The Morgan fingerprint density at radius 3 is 1.69 bits per heavy atom. The van der Waals surface area contributed by atoms with Gasteiger partial charge in [0.05, 0.1) is 33.5 Å². The van der Waals surface area contributed by atoms with Crippen LogP contribution in [0.4, 0.5) is 14.4 Å². The number of hydrogen-bond donors (Lipinski definition) is 1. The molecule has 0 spiro atoms. The van der Waals surface area contributed by atoms with Crippen LogP contribution in [-0.4, -0.2) is 63.5 Å². The van der Waals surface area contributed by atoms with Crippen molar-refractivity contribution in [1.29, 1.82) is 0 Å². The molecule has 12 nitrogen and oxygen atoms in total. The van der Waals surface area contributed by atoms with Crippen molar-refractivity contribution in [3.05, 3.63) is 23.8 Å². The van der Waals surface area contributed by atoms with Gasteiger partial charge >= 0.3 is 24.4 Å². The van der Waals surface area contributed by atoms with Gasteiger partial charge < -0.3 is 38.9 Å². The quantitative estimate of drug-likeness (QED) is 0.131. The molecule has 0 aliphatic heterocycles. The number of methoxy groups -OCH3 is 1. The minimum Gasteiger partial charge on any atom is -0.468 e. The average Bonchev–Trinajstić information content (AvgIpc) is 2.97. The van der Waals surface area contributed by atoms with Gasteiger partial charge in [-0.05, 0) is 35.4 Å². The van der Waals surface area contributed by atoms with Gasteiger partial charge in [0.15, 0.2) is 11.5 Å². The number of esters is 1. The second-order valence-electron chi connectivity index (χ2n) is 10.6. The minimum atomic E-state index is -1.61. The first-order valence-electron chi connectivity index (χ1n) is 14.4. The summed E-state index contributed by atoms with van der Waals surface area (Å²) >= 11 is 0. The summed E-state index contributed by atoms with van der Waals surface area (Å²) in [6, 6.07) is 4.33. The van der Waals surface area contributed by atoms with E-state index in [4.69, 9.17) is 38.9 Å². The van der Waals surface area contributed by atoms with E-state index in [1.54, 1.807) is 6.07 Å². The fourth-order valence-electron chi connectivity index (χ4n) is 3.24. The highest BCUT2D eigenvalue weighted by Crippen LogP contribution is 2.31. The fourth-order valence-corrected chi connectivity index (χ4v) is 3.24. The average molecular weight is 598 g/mol. The highest BCUT2D eigenvalue weighted by atomic mass is 16.7. The molecule has 0 radical (unpaired) electrons. The van der Waals surface area contributed by atoms with E-state index in [-0.39, 0.29) is 68.5 Å². The molecule has 12 heteroatoms. The van der Waals surface area contributed by atoms with Gasteiger partial charge in [-0.1, -0.05) is 66.9 Å². The third-order valence-corrected chi connectivity index (χ3v) is 6.82. The Balaban J connectivity index is 3.10. The molecule has 1 aromatic carbocycles. The normalized spacial score (nSPS) is 14.4. The number of ether oxygens (including phenoxy) is 7. The van der Waals surface area contributed by atoms with Crippen molar-refractivity contribution in [3.8, 4) is 11.5 Å². The first kappa shape index (κ1) is 36.5. The molecule has 0 fully saturated rings. The molecule has 0 aliphatic carbocycles. The van der Waals surface area contributed by atoms with E-state index in [0.29, 0.717) is 5.56 Å². The van der Waals surface area contributed by atoms with Gasteiger partial charge in [-0.3, -0.25) is 4.79 Å². The molecule has 4 atom stereocenters. The number of carbonyl (C=O) groups is 4. The van der Waals surface area contributed by atoms with Gasteiger partial charge in [0.2, 0.25) is 0 Å². The van der Waals surface area contributed by atoms with Crippen LogP contribution < -0.4 is 15.2 Å². The second kappa shape index (κ2) is 18.8. The van der Waals surface area contributed by atoms with Crippen molar-refractivity contribution >= 4 is 24.4 Å². The summed E-state index contributed by atoms with van der Waals surface area (Å²) in [5, 5.41) is 0. The van der Waals surface area contributed by atoms with Crippen LogP contribution in [0.2, 0.25) is 0 Å². The van der Waals surface area contributed by atoms with Crippen molar-refractivity contribution < 1.29 is 52.3 Å². The van der Waals surface area contributed by atoms with Crippen molar-refractivity contribution in [2.24, 2.45) is 23.5 Å². The lowest BCUT2D eigenvalue weighted by Crippen LogP contribution is -2.51. The number of carbonyl (C=O) groups excluding carboxylic acids is 4. The maximum absolute atomic E-state index is 12.7. The Morgan fingerprint density at radius 1 is 0.738 bits per heavy atom. The molecule has 0 aromatic heterocycles. The molecule has 0 bridgehead atoms. The van der Waals surface area contributed by atoms with Crippen molar-refractivity contribution in [3.63, 3.8) is 0 Å². The summed E-state index contributed by atoms with van der Waals surface area (Å²) in [5.41, 5.74) is 5.24. The molecule has 0 heterocycles. The first-order valence-corrected chi connectivity index (χ1v) is 14.4. The maximum Gasteiger partial charge on any atom is 0.513 e. The lowest BCUT2D eigenvalue weighted by Gasteiger charge is -2.26. The number of nitrogens with two attached hydrogens (primary N) is 1. The van der Waals surface area contributed by atoms with Crippen molar-refractivity contribution in [1.82, 2.24) is 0 Å². The van der Waals surface area contributed by atoms with Gasteiger partial charge in [0.1, 0.15) is 5.54 Å². The lowest BCUT2D eigenvalue weighted by molar-refractivity contribution is -0.147. The summed E-state index contributed by atoms with van der Waals surface area (Å²) in [6.45, 7) is 12.0. The van der Waals surface area contributed by atoms with Crippen LogP contribution in [0.25, 0.3) is 0 Å². The molecular formula is C30H47NO11. The van der Waals surface area contributed by atoms with Crippen molar-refractivity contribution in [2.75, 3.05) is 33.5 Å². The summed E-state index contributed by atoms with van der Waals surface area (Å²) in [7, 11) is 1.19. The van der Waals surface area contributed by atoms with Crippen molar-refractivity contribution in [2.45, 2.75) is 79.2 Å². The summed E-state index contributed by atoms with van der Waals surface area (Å²) in [4.78, 5) is 49.3. The summed E-state index contributed by atoms with van der Waals surface area (Å²) in [5.74, 6) is -0.557. The molecule has 2 N–H and O–H groups in total. The van der Waals surface area contributed by atoms with Crippen LogP contribution in [-0.2, 0) is 34.9 Å². The van der Waals surface area contributed by atoms with Crippen LogP contribution in [0, 0.1) is 17.8 Å². The Morgan fingerprint density at radius 2 is 1.21 bits per heavy atom. The Hall–Kier alpha value is -3.54. The Kier molecular flexibility index (Phi) is 16.3. The zero-order valence-corrected chi connectivity index (χ0v) is 25.9. The molecule has 0 amide bonds. The van der Waals surface area contributed by atoms with Gasteiger partial charge in [-0.2, -0.15) is 0 Å². The van der Waals surface area contributed by atoms with E-state index in [9.17, 15) is 19.2 Å². The van der Waals surface area contributed by atoms with Gasteiger partial charge in [-0.15, -0.1) is 0 Å². The second-order valence-corrected chi connectivity index (χ2v) is 10.6.